The number of unbranched alkanes of at least 4 members (excludes halogenated alkanes) is 4. The van der Waals surface area contributed by atoms with Crippen molar-refractivity contribution in [2.24, 2.45) is 0 Å². The number of sulfone groups is 1. The molecule has 2 N–H and O–H groups in total. The number of phenols is 2. The summed E-state index contributed by atoms with van der Waals surface area (Å²) in [5, 5.41) is 20.7. The van der Waals surface area contributed by atoms with Gasteiger partial charge < -0.3 is 10.2 Å². The monoisotopic (exact) mass is 446 g/mol. The number of para-hydroxylation sites is 2. The third kappa shape index (κ3) is 8.21. The van der Waals surface area contributed by atoms with Gasteiger partial charge in [0.1, 0.15) is 11.5 Å². The molecule has 4 nitrogen and oxygen atoms in total. The second-order valence-electron chi connectivity index (χ2n) is 8.58. The molecule has 2 rings (SSSR count). The van der Waals surface area contributed by atoms with Crippen LogP contribution in [-0.2, 0) is 9.84 Å². The Labute approximate surface area is 188 Å². The first-order valence-corrected chi connectivity index (χ1v) is 13.5. The predicted octanol–water partition coefficient (Wildman–Crippen LogP) is 6.54. The van der Waals surface area contributed by atoms with Gasteiger partial charge in [0.2, 0.25) is 0 Å². The van der Waals surface area contributed by atoms with Crippen LogP contribution in [0, 0.1) is 0 Å². The minimum atomic E-state index is -3.41. The Kier molecular flexibility index (Phi) is 10.4. The van der Waals surface area contributed by atoms with Crippen LogP contribution in [0.3, 0.4) is 0 Å². The van der Waals surface area contributed by atoms with Gasteiger partial charge in [-0.1, -0.05) is 88.8 Å². The largest absolute Gasteiger partial charge is 0.508 e. The van der Waals surface area contributed by atoms with Gasteiger partial charge >= 0.3 is 0 Å². The van der Waals surface area contributed by atoms with Crippen LogP contribution in [0.4, 0.5) is 0 Å². The molecule has 0 radical (unpaired) electrons. The van der Waals surface area contributed by atoms with Crippen LogP contribution in [0.1, 0.15) is 88.2 Å². The van der Waals surface area contributed by atoms with Crippen molar-refractivity contribution in [2.75, 3.05) is 11.5 Å². The highest BCUT2D eigenvalue weighted by Crippen LogP contribution is 2.34. The van der Waals surface area contributed by atoms with Crippen molar-refractivity contribution in [1.29, 1.82) is 0 Å². The fourth-order valence-corrected chi connectivity index (χ4v) is 6.34. The van der Waals surface area contributed by atoms with Crippen LogP contribution in [0.15, 0.2) is 48.5 Å². The number of aromatic hydroxyl groups is 2. The summed E-state index contributed by atoms with van der Waals surface area (Å²) in [6, 6.07) is 14.2. The summed E-state index contributed by atoms with van der Waals surface area (Å²) >= 11 is 0. The van der Waals surface area contributed by atoms with E-state index in [4.69, 9.17) is 0 Å². The average molecular weight is 447 g/mol. The highest BCUT2D eigenvalue weighted by molar-refractivity contribution is 7.91. The quantitative estimate of drug-likeness (QED) is 0.323. The van der Waals surface area contributed by atoms with E-state index < -0.39 is 9.84 Å². The summed E-state index contributed by atoms with van der Waals surface area (Å²) in [7, 11) is -3.41. The minimum absolute atomic E-state index is 0.0200. The zero-order valence-corrected chi connectivity index (χ0v) is 19.8. The van der Waals surface area contributed by atoms with Gasteiger partial charge in [-0.25, -0.2) is 8.42 Å². The molecule has 2 aromatic carbocycles. The molecule has 172 valence electrons. The molecule has 0 aromatic heterocycles. The molecular formula is C26H38O4S. The van der Waals surface area contributed by atoms with E-state index in [1.165, 1.54) is 0 Å². The maximum atomic E-state index is 13.3. The van der Waals surface area contributed by atoms with Crippen molar-refractivity contribution in [1.82, 2.24) is 0 Å². The summed E-state index contributed by atoms with van der Waals surface area (Å²) in [5.74, 6) is -0.0752. The normalized spacial score (nSPS) is 13.7. The van der Waals surface area contributed by atoms with Gasteiger partial charge in [0.15, 0.2) is 9.84 Å². The zero-order valence-electron chi connectivity index (χ0n) is 19.0. The molecular weight excluding hydrogens is 408 g/mol. The number of hydrogen-bond acceptors (Lipinski definition) is 4. The summed E-state index contributed by atoms with van der Waals surface area (Å²) in [4.78, 5) is 0. The van der Waals surface area contributed by atoms with E-state index in [0.717, 1.165) is 51.4 Å². The Balaban J connectivity index is 2.23. The molecule has 0 heterocycles. The topological polar surface area (TPSA) is 74.6 Å². The molecule has 5 heteroatoms. The van der Waals surface area contributed by atoms with Crippen LogP contribution in [0.2, 0.25) is 0 Å². The number of rotatable bonds is 14. The Morgan fingerprint density at radius 1 is 0.677 bits per heavy atom. The summed E-state index contributed by atoms with van der Waals surface area (Å²) < 4.78 is 26.6. The number of phenolic OH excluding ortho intramolecular Hbond substituents is 2. The third-order valence-corrected chi connectivity index (χ3v) is 7.80. The fourth-order valence-electron chi connectivity index (χ4n) is 4.29. The first-order chi connectivity index (χ1) is 14.9. The highest BCUT2D eigenvalue weighted by Gasteiger charge is 2.27. The molecule has 2 unspecified atom stereocenters. The molecule has 0 spiro atoms. The summed E-state index contributed by atoms with van der Waals surface area (Å²) in [6.07, 6.45) is 7.56. The van der Waals surface area contributed by atoms with Gasteiger partial charge in [0, 0.05) is 11.8 Å². The standard InChI is InChI=1S/C26H38O4S/c1-3-5-7-13-21(23-15-9-11-17-25(23)27)19-31(29,30)20-22(14-8-6-4-2)24-16-10-12-18-26(24)28/h9-12,15-18,21-22,27-28H,3-8,13-14,19-20H2,1-2H3. The predicted molar refractivity (Wildman–Crippen MR) is 129 cm³/mol. The lowest BCUT2D eigenvalue weighted by Crippen LogP contribution is -2.22. The number of benzene rings is 2. The van der Waals surface area contributed by atoms with Crippen molar-refractivity contribution < 1.29 is 18.6 Å². The van der Waals surface area contributed by atoms with Gasteiger partial charge in [0.25, 0.3) is 0 Å². The Hall–Kier alpha value is -2.01. The lowest BCUT2D eigenvalue weighted by molar-refractivity contribution is 0.456. The van der Waals surface area contributed by atoms with Crippen LogP contribution in [0.5, 0.6) is 11.5 Å². The zero-order chi connectivity index (χ0) is 22.7. The molecule has 0 fully saturated rings. The molecule has 2 aromatic rings. The maximum Gasteiger partial charge on any atom is 0.151 e. The van der Waals surface area contributed by atoms with E-state index in [-0.39, 0.29) is 34.8 Å². The smallest absolute Gasteiger partial charge is 0.151 e. The van der Waals surface area contributed by atoms with Gasteiger partial charge in [-0.15, -0.1) is 0 Å². The van der Waals surface area contributed by atoms with E-state index >= 15 is 0 Å². The molecule has 2 atom stereocenters. The van der Waals surface area contributed by atoms with Crippen molar-refractivity contribution in [3.05, 3.63) is 59.7 Å². The van der Waals surface area contributed by atoms with Crippen molar-refractivity contribution in [3.63, 3.8) is 0 Å². The second-order valence-corrected chi connectivity index (χ2v) is 10.7. The second kappa shape index (κ2) is 12.7. The molecule has 0 saturated carbocycles. The van der Waals surface area contributed by atoms with E-state index in [1.54, 1.807) is 24.3 Å². The van der Waals surface area contributed by atoms with Gasteiger partial charge in [-0.05, 0) is 36.1 Å². The van der Waals surface area contributed by atoms with E-state index in [0.29, 0.717) is 11.1 Å². The molecule has 0 aliphatic heterocycles. The Bertz CT molecular complexity index is 824. The molecule has 31 heavy (non-hydrogen) atoms. The molecule has 0 aliphatic carbocycles. The van der Waals surface area contributed by atoms with Gasteiger partial charge in [0.05, 0.1) is 11.5 Å². The van der Waals surface area contributed by atoms with Crippen LogP contribution in [0.25, 0.3) is 0 Å². The van der Waals surface area contributed by atoms with E-state index in [9.17, 15) is 18.6 Å². The molecule has 0 amide bonds. The van der Waals surface area contributed by atoms with Crippen molar-refractivity contribution >= 4 is 9.84 Å². The number of hydrogen-bond donors (Lipinski definition) is 2. The minimum Gasteiger partial charge on any atom is -0.508 e. The molecule has 0 aliphatic rings. The van der Waals surface area contributed by atoms with Crippen LogP contribution >= 0.6 is 0 Å². The van der Waals surface area contributed by atoms with Gasteiger partial charge in [-0.2, -0.15) is 0 Å². The summed E-state index contributed by atoms with van der Waals surface area (Å²) in [6.45, 7) is 4.25. The van der Waals surface area contributed by atoms with Crippen LogP contribution < -0.4 is 0 Å². The fraction of sp³-hybridized carbons (Fsp3) is 0.538. The van der Waals surface area contributed by atoms with E-state index in [1.807, 2.05) is 24.3 Å². The molecule has 0 saturated heterocycles. The van der Waals surface area contributed by atoms with Crippen molar-refractivity contribution in [3.8, 4) is 11.5 Å². The lowest BCUT2D eigenvalue weighted by atomic mass is 9.94. The Morgan fingerprint density at radius 2 is 1.06 bits per heavy atom. The first-order valence-electron chi connectivity index (χ1n) is 11.6. The third-order valence-electron chi connectivity index (χ3n) is 5.98. The van der Waals surface area contributed by atoms with E-state index in [2.05, 4.69) is 13.8 Å². The average Bonchev–Trinajstić information content (AvgIpc) is 2.73. The van der Waals surface area contributed by atoms with Crippen molar-refractivity contribution in [2.45, 2.75) is 77.0 Å². The SMILES string of the molecule is CCCCCC(CS(=O)(=O)CC(CCCCC)c1ccccc1O)c1ccccc1O. The first kappa shape index (κ1) is 25.3. The van der Waals surface area contributed by atoms with Crippen LogP contribution in [-0.4, -0.2) is 30.1 Å². The lowest BCUT2D eigenvalue weighted by Gasteiger charge is -2.22. The summed E-state index contributed by atoms with van der Waals surface area (Å²) in [5.41, 5.74) is 1.43. The highest BCUT2D eigenvalue weighted by atomic mass is 32.2. The molecule has 0 bridgehead atoms. The maximum absolute atomic E-state index is 13.3. The van der Waals surface area contributed by atoms with Gasteiger partial charge in [-0.3, -0.25) is 0 Å². The Morgan fingerprint density at radius 3 is 1.42 bits per heavy atom.